The Labute approximate surface area is 84.2 Å². The van der Waals surface area contributed by atoms with Crippen LogP contribution in [0.4, 0.5) is 0 Å². The summed E-state index contributed by atoms with van der Waals surface area (Å²) < 4.78 is 21.8. The minimum atomic E-state index is -2.91. The molecule has 1 atom stereocenters. The van der Waals surface area contributed by atoms with Gasteiger partial charge in [0.1, 0.15) is 4.66 Å². The van der Waals surface area contributed by atoms with E-state index in [0.717, 1.165) is 0 Å². The minimum absolute atomic E-state index is 0.0288. The average molecular weight is 306 g/mol. The van der Waals surface area contributed by atoms with Crippen LogP contribution in [0.15, 0.2) is 12.2 Å². The van der Waals surface area contributed by atoms with Crippen LogP contribution in [0.2, 0.25) is 0 Å². The Bertz CT molecular complexity index is 219. The van der Waals surface area contributed by atoms with Crippen LogP contribution in [0.1, 0.15) is 6.92 Å². The zero-order valence-electron chi connectivity index (χ0n) is 6.13. The first-order chi connectivity index (χ1) is 4.98. The number of allylic oxidation sites excluding steroid dienone is 1. The molecule has 0 aliphatic carbocycles. The molecule has 0 fully saturated rings. The summed E-state index contributed by atoms with van der Waals surface area (Å²) in [4.78, 5) is 0.230. The van der Waals surface area contributed by atoms with Crippen molar-refractivity contribution in [1.29, 1.82) is 0 Å². The van der Waals surface area contributed by atoms with E-state index < -0.39 is 9.84 Å². The topological polar surface area (TPSA) is 34.1 Å². The minimum Gasteiger partial charge on any atom is -0.228 e. The normalized spacial score (nSPS) is 15.5. The molecule has 0 saturated carbocycles. The van der Waals surface area contributed by atoms with Gasteiger partial charge in [0.25, 0.3) is 0 Å². The molecule has 0 heterocycles. The molecule has 0 aromatic carbocycles. The maximum atomic E-state index is 10.9. The van der Waals surface area contributed by atoms with Crippen LogP contribution < -0.4 is 0 Å². The lowest BCUT2D eigenvalue weighted by Gasteiger charge is -1.94. The summed E-state index contributed by atoms with van der Waals surface area (Å²) in [5, 5.41) is 0. The average Bonchev–Trinajstić information content (AvgIpc) is 1.87. The Kier molecular flexibility index (Phi) is 5.64. The summed E-state index contributed by atoms with van der Waals surface area (Å²) in [5.74, 6) is 0.105. The number of sulfone groups is 1. The van der Waals surface area contributed by atoms with Crippen LogP contribution >= 0.6 is 31.9 Å². The Morgan fingerprint density at radius 1 is 1.55 bits per heavy atom. The van der Waals surface area contributed by atoms with E-state index in [-0.39, 0.29) is 15.2 Å². The molecule has 0 amide bonds. The van der Waals surface area contributed by atoms with Gasteiger partial charge in [-0.05, 0) is 6.92 Å². The first-order valence-electron chi connectivity index (χ1n) is 3.05. The van der Waals surface area contributed by atoms with Crippen molar-refractivity contribution in [3.63, 3.8) is 0 Å². The molecule has 11 heavy (non-hydrogen) atoms. The van der Waals surface area contributed by atoms with E-state index in [4.69, 9.17) is 0 Å². The van der Waals surface area contributed by atoms with E-state index in [2.05, 4.69) is 31.9 Å². The highest BCUT2D eigenvalue weighted by Gasteiger charge is 2.04. The van der Waals surface area contributed by atoms with E-state index in [1.165, 1.54) is 0 Å². The van der Waals surface area contributed by atoms with Gasteiger partial charge in [-0.15, -0.1) is 0 Å². The van der Waals surface area contributed by atoms with Crippen molar-refractivity contribution < 1.29 is 8.42 Å². The molecule has 0 aliphatic rings. The third kappa shape index (κ3) is 7.03. The third-order valence-corrected chi connectivity index (χ3v) is 4.35. The van der Waals surface area contributed by atoms with Gasteiger partial charge < -0.3 is 0 Å². The molecule has 2 nitrogen and oxygen atoms in total. The van der Waals surface area contributed by atoms with Gasteiger partial charge in [0.05, 0.1) is 5.75 Å². The lowest BCUT2D eigenvalue weighted by atomic mass is 10.4. The molecule has 5 heteroatoms. The molecular weight excluding hydrogens is 296 g/mol. The first-order valence-corrected chi connectivity index (χ1v) is 6.91. The fraction of sp³-hybridized carbons (Fsp3) is 0.667. The predicted molar refractivity (Wildman–Crippen MR) is 55.1 cm³/mol. The molecule has 0 aliphatic heterocycles. The Hall–Kier alpha value is 0.650. The predicted octanol–water partition coefficient (Wildman–Crippen LogP) is 2.09. The van der Waals surface area contributed by atoms with Crippen molar-refractivity contribution in [3.8, 4) is 0 Å². The van der Waals surface area contributed by atoms with Gasteiger partial charge in [-0.1, -0.05) is 44.0 Å². The second kappa shape index (κ2) is 5.32. The molecule has 0 aromatic rings. The van der Waals surface area contributed by atoms with Crippen LogP contribution in [-0.2, 0) is 9.84 Å². The highest BCUT2D eigenvalue weighted by Crippen LogP contribution is 2.01. The lowest BCUT2D eigenvalue weighted by molar-refractivity contribution is 0.604. The highest BCUT2D eigenvalue weighted by atomic mass is 79.9. The van der Waals surface area contributed by atoms with Gasteiger partial charge >= 0.3 is 0 Å². The molecule has 0 saturated heterocycles. The summed E-state index contributed by atoms with van der Waals surface area (Å²) in [7, 11) is -2.91. The van der Waals surface area contributed by atoms with Crippen LogP contribution in [0.3, 0.4) is 0 Å². The molecule has 0 radical (unpaired) electrons. The molecule has 0 bridgehead atoms. The van der Waals surface area contributed by atoms with Crippen LogP contribution in [0, 0.1) is 0 Å². The molecular formula is C6H10Br2O2S. The summed E-state index contributed by atoms with van der Waals surface area (Å²) >= 11 is 6.18. The highest BCUT2D eigenvalue weighted by molar-refractivity contribution is 9.10. The zero-order chi connectivity index (χ0) is 8.91. The van der Waals surface area contributed by atoms with Gasteiger partial charge in [0.15, 0.2) is 9.84 Å². The smallest absolute Gasteiger partial charge is 0.163 e. The number of halogens is 2. The van der Waals surface area contributed by atoms with E-state index >= 15 is 0 Å². The Morgan fingerprint density at radius 2 is 2.09 bits per heavy atom. The van der Waals surface area contributed by atoms with Crippen molar-refractivity contribution in [1.82, 2.24) is 0 Å². The van der Waals surface area contributed by atoms with E-state index in [1.807, 2.05) is 6.92 Å². The van der Waals surface area contributed by atoms with E-state index in [0.29, 0.717) is 0 Å². The van der Waals surface area contributed by atoms with Gasteiger partial charge in [-0.3, -0.25) is 0 Å². The maximum Gasteiger partial charge on any atom is 0.163 e. The summed E-state index contributed by atoms with van der Waals surface area (Å²) in [5.41, 5.74) is 0. The molecule has 0 rings (SSSR count). The summed E-state index contributed by atoms with van der Waals surface area (Å²) in [6.45, 7) is 1.93. The molecule has 0 spiro atoms. The quantitative estimate of drug-likeness (QED) is 0.589. The fourth-order valence-electron chi connectivity index (χ4n) is 0.434. The van der Waals surface area contributed by atoms with Crippen molar-refractivity contribution >= 4 is 41.7 Å². The van der Waals surface area contributed by atoms with Gasteiger partial charge in [-0.2, -0.15) is 0 Å². The Balaban J connectivity index is 3.89. The van der Waals surface area contributed by atoms with E-state index in [9.17, 15) is 8.42 Å². The monoisotopic (exact) mass is 304 g/mol. The molecule has 0 N–H and O–H groups in total. The van der Waals surface area contributed by atoms with Gasteiger partial charge in [-0.25, -0.2) is 8.42 Å². The SMILES string of the molecule is CC(Br)/C=C/CS(=O)(=O)CBr. The largest absolute Gasteiger partial charge is 0.228 e. The number of alkyl halides is 2. The van der Waals surface area contributed by atoms with Crippen molar-refractivity contribution in [2.75, 3.05) is 10.4 Å². The summed E-state index contributed by atoms with van der Waals surface area (Å²) in [6, 6.07) is 0. The fourth-order valence-corrected chi connectivity index (χ4v) is 1.70. The molecule has 0 aromatic heterocycles. The lowest BCUT2D eigenvalue weighted by Crippen LogP contribution is -2.04. The van der Waals surface area contributed by atoms with Crippen molar-refractivity contribution in [2.45, 2.75) is 11.8 Å². The maximum absolute atomic E-state index is 10.9. The van der Waals surface area contributed by atoms with Crippen LogP contribution in [0.5, 0.6) is 0 Å². The van der Waals surface area contributed by atoms with Gasteiger partial charge in [0.2, 0.25) is 0 Å². The number of rotatable bonds is 4. The number of hydrogen-bond donors (Lipinski definition) is 0. The summed E-state index contributed by atoms with van der Waals surface area (Å²) in [6.07, 6.45) is 3.45. The third-order valence-electron chi connectivity index (χ3n) is 0.918. The van der Waals surface area contributed by atoms with E-state index in [1.54, 1.807) is 12.2 Å². The second-order valence-corrected chi connectivity index (χ2v) is 6.98. The van der Waals surface area contributed by atoms with Crippen molar-refractivity contribution in [2.24, 2.45) is 0 Å². The second-order valence-electron chi connectivity index (χ2n) is 2.13. The van der Waals surface area contributed by atoms with Crippen LogP contribution in [-0.4, -0.2) is 23.7 Å². The molecule has 1 unspecified atom stereocenters. The number of hydrogen-bond acceptors (Lipinski definition) is 2. The first kappa shape index (κ1) is 11.6. The van der Waals surface area contributed by atoms with Gasteiger partial charge in [0, 0.05) is 4.83 Å². The zero-order valence-corrected chi connectivity index (χ0v) is 10.1. The molecule has 66 valence electrons. The standard InChI is InChI=1S/C6H10Br2O2S/c1-6(8)3-2-4-11(9,10)5-7/h2-3,6H,4-5H2,1H3/b3-2+. The van der Waals surface area contributed by atoms with Crippen LogP contribution in [0.25, 0.3) is 0 Å². The Morgan fingerprint density at radius 3 is 2.45 bits per heavy atom. The van der Waals surface area contributed by atoms with Crippen molar-refractivity contribution in [3.05, 3.63) is 12.2 Å².